The largest absolute Gasteiger partial charge is 0.0802 e. The Labute approximate surface area is 143 Å². The molecule has 0 spiro atoms. The first kappa shape index (κ1) is 18.0. The highest BCUT2D eigenvalue weighted by atomic mass is 31.1. The number of benzene rings is 2. The first-order valence-corrected chi connectivity index (χ1v) is 10.3. The second kappa shape index (κ2) is 10.4. The van der Waals surface area contributed by atoms with Crippen LogP contribution in [0.2, 0.25) is 0 Å². The van der Waals surface area contributed by atoms with E-state index < -0.39 is 0 Å². The second-order valence-electron chi connectivity index (χ2n) is 5.95. The van der Waals surface area contributed by atoms with Crippen LogP contribution in [0.4, 0.5) is 0 Å². The van der Waals surface area contributed by atoms with Gasteiger partial charge in [-0.15, -0.1) is 0 Å². The van der Waals surface area contributed by atoms with Crippen LogP contribution in [0.25, 0.3) is 0 Å². The number of hydrogen-bond donors (Lipinski definition) is 0. The molecule has 23 heavy (non-hydrogen) atoms. The van der Waals surface area contributed by atoms with Crippen LogP contribution in [0.3, 0.4) is 0 Å². The highest BCUT2D eigenvalue weighted by molar-refractivity contribution is 7.76. The van der Waals surface area contributed by atoms with E-state index in [0.717, 1.165) is 0 Å². The fourth-order valence-electron chi connectivity index (χ4n) is 2.77. The lowest BCUT2D eigenvalue weighted by molar-refractivity contribution is 0.787. The van der Waals surface area contributed by atoms with E-state index in [4.69, 9.17) is 0 Å². The molecule has 122 valence electrons. The third kappa shape index (κ3) is 5.63. The number of unbranched alkanes of at least 4 members (excludes halogenated alkanes) is 3. The zero-order valence-electron chi connectivity index (χ0n) is 14.5. The maximum absolute atomic E-state index is 2.55. The summed E-state index contributed by atoms with van der Waals surface area (Å²) >= 11 is 0. The molecular weight excluding hydrogens is 295 g/mol. The van der Waals surface area contributed by atoms with Crippen molar-refractivity contribution >= 4 is 18.5 Å². The monoisotopic (exact) mass is 324 g/mol. The maximum Gasteiger partial charge on any atom is -0.0154 e. The summed E-state index contributed by atoms with van der Waals surface area (Å²) in [5.74, 6) is 0. The highest BCUT2D eigenvalue weighted by Gasteiger charge is 2.17. The fourth-order valence-corrected chi connectivity index (χ4v) is 5.37. The summed E-state index contributed by atoms with van der Waals surface area (Å²) in [5.41, 5.74) is 0. The lowest BCUT2D eigenvalue weighted by Crippen LogP contribution is -2.13. The van der Waals surface area contributed by atoms with Crippen molar-refractivity contribution in [1.29, 1.82) is 0 Å². The fraction of sp³-hybridized carbons (Fsp3) is 0.364. The molecule has 0 atom stereocenters. The van der Waals surface area contributed by atoms with Crippen molar-refractivity contribution in [2.45, 2.75) is 52.4 Å². The molecule has 0 N–H and O–H groups in total. The molecule has 0 heterocycles. The van der Waals surface area contributed by atoms with Gasteiger partial charge in [0.05, 0.1) is 0 Å². The summed E-state index contributed by atoms with van der Waals surface area (Å²) in [4.78, 5) is 0. The van der Waals surface area contributed by atoms with Crippen LogP contribution in [0.5, 0.6) is 0 Å². The van der Waals surface area contributed by atoms with Crippen LogP contribution < -0.4 is 10.6 Å². The van der Waals surface area contributed by atoms with Gasteiger partial charge in [-0.1, -0.05) is 99.8 Å². The van der Waals surface area contributed by atoms with Gasteiger partial charge in [0.1, 0.15) is 0 Å². The van der Waals surface area contributed by atoms with Crippen LogP contribution in [-0.4, -0.2) is 0 Å². The summed E-state index contributed by atoms with van der Waals surface area (Å²) in [7, 11) is -0.381. The first-order valence-electron chi connectivity index (χ1n) is 8.96. The van der Waals surface area contributed by atoms with Crippen molar-refractivity contribution in [1.82, 2.24) is 0 Å². The average Bonchev–Trinajstić information content (AvgIpc) is 2.61. The highest BCUT2D eigenvalue weighted by Crippen LogP contribution is 2.45. The van der Waals surface area contributed by atoms with Gasteiger partial charge in [0.2, 0.25) is 0 Å². The van der Waals surface area contributed by atoms with Crippen molar-refractivity contribution in [2.24, 2.45) is 0 Å². The standard InChI is InChI=1S/C22H29P/c1-3-5-9-15-20(14-6-4-2)23(21-16-10-7-11-17-21)22-18-12-8-13-19-22/h7-8,10-13,15-19H,3-6,9,14H2,1-2H3/b20-15+. The molecule has 0 aliphatic heterocycles. The maximum atomic E-state index is 2.55. The molecule has 2 rings (SSSR count). The van der Waals surface area contributed by atoms with Crippen molar-refractivity contribution in [2.75, 3.05) is 0 Å². The van der Waals surface area contributed by atoms with E-state index in [1.54, 1.807) is 5.31 Å². The average molecular weight is 324 g/mol. The van der Waals surface area contributed by atoms with Crippen molar-refractivity contribution in [3.63, 3.8) is 0 Å². The van der Waals surface area contributed by atoms with Crippen LogP contribution in [0.1, 0.15) is 52.4 Å². The predicted molar refractivity (Wildman–Crippen MR) is 106 cm³/mol. The molecule has 0 radical (unpaired) electrons. The first-order chi connectivity index (χ1) is 11.4. The summed E-state index contributed by atoms with van der Waals surface area (Å²) in [6.45, 7) is 4.56. The van der Waals surface area contributed by atoms with Gasteiger partial charge in [0.25, 0.3) is 0 Å². The van der Waals surface area contributed by atoms with E-state index in [0.29, 0.717) is 0 Å². The Bertz CT molecular complexity index is 532. The predicted octanol–water partition coefficient (Wildman–Crippen LogP) is 6.38. The molecule has 0 nitrogen and oxygen atoms in total. The molecule has 2 aromatic carbocycles. The van der Waals surface area contributed by atoms with E-state index in [1.807, 2.05) is 0 Å². The third-order valence-electron chi connectivity index (χ3n) is 4.04. The Balaban J connectivity index is 2.38. The zero-order chi connectivity index (χ0) is 16.3. The molecule has 0 amide bonds. The third-order valence-corrected chi connectivity index (χ3v) is 6.65. The Hall–Kier alpha value is -1.39. The minimum atomic E-state index is -0.381. The Morgan fingerprint density at radius 1 is 0.783 bits per heavy atom. The zero-order valence-corrected chi connectivity index (χ0v) is 15.4. The quantitative estimate of drug-likeness (QED) is 0.370. The number of rotatable bonds is 9. The van der Waals surface area contributed by atoms with Gasteiger partial charge in [0.15, 0.2) is 0 Å². The van der Waals surface area contributed by atoms with E-state index >= 15 is 0 Å². The van der Waals surface area contributed by atoms with Crippen LogP contribution in [0, 0.1) is 0 Å². The molecule has 0 aliphatic rings. The molecule has 0 aliphatic carbocycles. The van der Waals surface area contributed by atoms with E-state index in [-0.39, 0.29) is 7.92 Å². The van der Waals surface area contributed by atoms with Crippen LogP contribution in [0.15, 0.2) is 72.1 Å². The molecule has 1 heteroatoms. The van der Waals surface area contributed by atoms with Crippen molar-refractivity contribution < 1.29 is 0 Å². The molecule has 0 saturated heterocycles. The SMILES string of the molecule is CCCC/C=C(\CCCC)P(c1ccccc1)c1ccccc1. The summed E-state index contributed by atoms with van der Waals surface area (Å²) < 4.78 is 0. The molecule has 2 aromatic rings. The van der Waals surface area contributed by atoms with E-state index in [9.17, 15) is 0 Å². The Kier molecular flexibility index (Phi) is 8.12. The summed E-state index contributed by atoms with van der Waals surface area (Å²) in [6.07, 6.45) is 10.1. The minimum Gasteiger partial charge on any atom is -0.0802 e. The Morgan fingerprint density at radius 3 is 1.78 bits per heavy atom. The topological polar surface area (TPSA) is 0 Å². The van der Waals surface area contributed by atoms with Gasteiger partial charge in [-0.2, -0.15) is 0 Å². The molecule has 0 aromatic heterocycles. The van der Waals surface area contributed by atoms with Gasteiger partial charge in [-0.25, -0.2) is 0 Å². The lowest BCUT2D eigenvalue weighted by Gasteiger charge is -2.22. The van der Waals surface area contributed by atoms with Gasteiger partial charge >= 0.3 is 0 Å². The second-order valence-corrected chi connectivity index (χ2v) is 8.23. The lowest BCUT2D eigenvalue weighted by atomic mass is 10.2. The number of allylic oxidation sites excluding steroid dienone is 2. The summed E-state index contributed by atoms with van der Waals surface area (Å²) in [6, 6.07) is 22.2. The molecule has 0 saturated carbocycles. The van der Waals surface area contributed by atoms with Gasteiger partial charge in [-0.05, 0) is 43.1 Å². The Morgan fingerprint density at radius 2 is 1.30 bits per heavy atom. The minimum absolute atomic E-state index is 0.381. The molecule has 0 unspecified atom stereocenters. The smallest absolute Gasteiger partial charge is 0.0154 e. The molecular formula is C22H29P. The van der Waals surface area contributed by atoms with Gasteiger partial charge in [-0.3, -0.25) is 0 Å². The van der Waals surface area contributed by atoms with E-state index in [1.165, 1.54) is 49.1 Å². The van der Waals surface area contributed by atoms with Crippen LogP contribution >= 0.6 is 7.92 Å². The summed E-state index contributed by atoms with van der Waals surface area (Å²) in [5, 5.41) is 4.62. The normalized spacial score (nSPS) is 11.9. The van der Waals surface area contributed by atoms with E-state index in [2.05, 4.69) is 80.6 Å². The van der Waals surface area contributed by atoms with Crippen molar-refractivity contribution in [3.8, 4) is 0 Å². The van der Waals surface area contributed by atoms with Gasteiger partial charge < -0.3 is 0 Å². The number of hydrogen-bond acceptors (Lipinski definition) is 0. The molecule has 0 fully saturated rings. The molecule has 0 bridgehead atoms. The van der Waals surface area contributed by atoms with Crippen LogP contribution in [-0.2, 0) is 0 Å². The van der Waals surface area contributed by atoms with Crippen molar-refractivity contribution in [3.05, 3.63) is 72.1 Å². The van der Waals surface area contributed by atoms with Gasteiger partial charge in [0, 0.05) is 0 Å².